The molecule has 7 heteroatoms. The van der Waals surface area contributed by atoms with Crippen LogP contribution in [0.4, 0.5) is 11.5 Å². The monoisotopic (exact) mass is 501 g/mol. The molecule has 0 aliphatic heterocycles. The van der Waals surface area contributed by atoms with E-state index in [2.05, 4.69) is 19.2 Å². The summed E-state index contributed by atoms with van der Waals surface area (Å²) in [4.78, 5) is 33.6. The van der Waals surface area contributed by atoms with Crippen LogP contribution in [0.25, 0.3) is 21.1 Å². The first kappa shape index (κ1) is 26.8. The van der Waals surface area contributed by atoms with Gasteiger partial charge in [-0.25, -0.2) is 14.8 Å². The number of aromatic nitrogens is 2. The molecular formula is C29H31N3O3S. The van der Waals surface area contributed by atoms with Gasteiger partial charge in [-0.15, -0.1) is 11.3 Å². The lowest BCUT2D eigenvalue weighted by Crippen LogP contribution is -2.06. The Hall–Kier alpha value is -3.84. The molecular weight excluding hydrogens is 470 g/mol. The summed E-state index contributed by atoms with van der Waals surface area (Å²) in [5.74, 6) is 0.508. The molecule has 2 heterocycles. The van der Waals surface area contributed by atoms with Crippen molar-refractivity contribution >= 4 is 35.1 Å². The zero-order valence-corrected chi connectivity index (χ0v) is 21.9. The summed E-state index contributed by atoms with van der Waals surface area (Å²) in [6.45, 7) is 8.19. The fourth-order valence-electron chi connectivity index (χ4n) is 3.76. The Kier molecular flexibility index (Phi) is 9.47. The molecule has 0 aliphatic rings. The van der Waals surface area contributed by atoms with Crippen LogP contribution in [0.15, 0.2) is 60.7 Å². The van der Waals surface area contributed by atoms with Gasteiger partial charge in [0.2, 0.25) is 0 Å². The number of aryl methyl sites for hydroxylation is 1. The molecule has 0 unspecified atom stereocenters. The van der Waals surface area contributed by atoms with E-state index in [1.54, 1.807) is 23.5 Å². The third-order valence-electron chi connectivity index (χ3n) is 5.56. The number of benzene rings is 2. The van der Waals surface area contributed by atoms with Crippen molar-refractivity contribution in [3.05, 3.63) is 83.0 Å². The van der Waals surface area contributed by atoms with E-state index in [0.29, 0.717) is 12.2 Å². The lowest BCUT2D eigenvalue weighted by molar-refractivity contribution is -0.107. The van der Waals surface area contributed by atoms with Crippen LogP contribution in [0.3, 0.4) is 0 Å². The van der Waals surface area contributed by atoms with Crippen LogP contribution in [0.1, 0.15) is 54.9 Å². The summed E-state index contributed by atoms with van der Waals surface area (Å²) in [6, 6.07) is 18.7. The topological polar surface area (TPSA) is 92.2 Å². The smallest absolute Gasteiger partial charge is 0.335 e. The molecule has 0 atom stereocenters. The Labute approximate surface area is 216 Å². The highest BCUT2D eigenvalue weighted by atomic mass is 32.1. The lowest BCUT2D eigenvalue weighted by atomic mass is 10.1. The van der Waals surface area contributed by atoms with Gasteiger partial charge in [-0.2, -0.15) is 0 Å². The van der Waals surface area contributed by atoms with E-state index >= 15 is 0 Å². The van der Waals surface area contributed by atoms with Crippen LogP contribution in [-0.4, -0.2) is 27.3 Å². The molecule has 0 amide bonds. The molecule has 0 bridgehead atoms. The molecule has 0 radical (unpaired) electrons. The molecule has 36 heavy (non-hydrogen) atoms. The Bertz CT molecular complexity index is 1310. The molecule has 4 aromatic rings. The maximum absolute atomic E-state index is 11.1. The van der Waals surface area contributed by atoms with Crippen molar-refractivity contribution in [3.63, 3.8) is 0 Å². The normalized spacial score (nSPS) is 10.3. The van der Waals surface area contributed by atoms with E-state index < -0.39 is 5.97 Å². The second-order valence-corrected chi connectivity index (χ2v) is 8.85. The average Bonchev–Trinajstić information content (AvgIpc) is 3.41. The minimum atomic E-state index is -0.937. The molecule has 2 N–H and O–H groups in total. The number of carbonyl (C=O) groups excluding carboxylic acids is 1. The molecule has 0 spiro atoms. The maximum atomic E-state index is 11.1. The van der Waals surface area contributed by atoms with Gasteiger partial charge in [0, 0.05) is 28.2 Å². The van der Waals surface area contributed by atoms with Crippen LogP contribution in [0.2, 0.25) is 0 Å². The fourth-order valence-corrected chi connectivity index (χ4v) is 4.70. The number of hydrogen-bond donors (Lipinski definition) is 2. The Morgan fingerprint density at radius 2 is 1.58 bits per heavy atom. The molecule has 186 valence electrons. The van der Waals surface area contributed by atoms with E-state index in [1.807, 2.05) is 62.4 Å². The van der Waals surface area contributed by atoms with Crippen molar-refractivity contribution in [2.45, 2.75) is 47.0 Å². The summed E-state index contributed by atoms with van der Waals surface area (Å²) in [7, 11) is 0. The first-order chi connectivity index (χ1) is 17.5. The third-order valence-corrected chi connectivity index (χ3v) is 6.69. The van der Waals surface area contributed by atoms with Gasteiger partial charge in [0.25, 0.3) is 0 Å². The third kappa shape index (κ3) is 6.23. The van der Waals surface area contributed by atoms with E-state index in [4.69, 9.17) is 15.1 Å². The molecule has 0 fully saturated rings. The SMILES string of the molecule is CC.CCc1nc(-c2ccc(-c3ccc(C(=O)O)cc3)s2)nc(Nc2ccc(CC=O)cc2)c1CC. The number of aldehydes is 1. The predicted octanol–water partition coefficient (Wildman–Crippen LogP) is 7.21. The highest BCUT2D eigenvalue weighted by Gasteiger charge is 2.16. The van der Waals surface area contributed by atoms with Crippen LogP contribution < -0.4 is 5.32 Å². The van der Waals surface area contributed by atoms with Crippen molar-refractivity contribution in [2.75, 3.05) is 5.32 Å². The van der Waals surface area contributed by atoms with Gasteiger partial charge in [-0.05, 0) is 60.4 Å². The zero-order valence-electron chi connectivity index (χ0n) is 21.0. The Morgan fingerprint density at radius 3 is 2.17 bits per heavy atom. The summed E-state index contributed by atoms with van der Waals surface area (Å²) < 4.78 is 0. The Balaban J connectivity index is 0.00000176. The van der Waals surface area contributed by atoms with Crippen LogP contribution in [-0.2, 0) is 24.1 Å². The number of hydrogen-bond acceptors (Lipinski definition) is 6. The summed E-state index contributed by atoms with van der Waals surface area (Å²) in [5, 5.41) is 12.6. The molecule has 0 saturated heterocycles. The highest BCUT2D eigenvalue weighted by Crippen LogP contribution is 2.35. The molecule has 4 rings (SSSR count). The fraction of sp³-hybridized carbons (Fsp3) is 0.241. The van der Waals surface area contributed by atoms with E-state index in [-0.39, 0.29) is 5.56 Å². The van der Waals surface area contributed by atoms with Crippen molar-refractivity contribution in [2.24, 2.45) is 0 Å². The second-order valence-electron chi connectivity index (χ2n) is 7.77. The number of thiophene rings is 1. The molecule has 2 aromatic carbocycles. The van der Waals surface area contributed by atoms with E-state index in [9.17, 15) is 9.59 Å². The second kappa shape index (κ2) is 12.7. The quantitative estimate of drug-likeness (QED) is 0.236. The van der Waals surface area contributed by atoms with Gasteiger partial charge in [0.15, 0.2) is 5.82 Å². The van der Waals surface area contributed by atoms with Crippen LogP contribution in [0, 0.1) is 0 Å². The van der Waals surface area contributed by atoms with Gasteiger partial charge in [-0.3, -0.25) is 0 Å². The number of carboxylic acid groups (broad SMARTS) is 1. The van der Waals surface area contributed by atoms with Gasteiger partial charge >= 0.3 is 5.97 Å². The molecule has 0 saturated carbocycles. The van der Waals surface area contributed by atoms with Crippen molar-refractivity contribution in [1.82, 2.24) is 9.97 Å². The zero-order chi connectivity index (χ0) is 26.1. The summed E-state index contributed by atoms with van der Waals surface area (Å²) in [6.07, 6.45) is 2.90. The Morgan fingerprint density at radius 1 is 0.917 bits per heavy atom. The van der Waals surface area contributed by atoms with Crippen molar-refractivity contribution < 1.29 is 14.7 Å². The number of aromatic carboxylic acids is 1. The van der Waals surface area contributed by atoms with Gasteiger partial charge in [-0.1, -0.05) is 52.0 Å². The number of carboxylic acids is 1. The minimum Gasteiger partial charge on any atom is -0.478 e. The van der Waals surface area contributed by atoms with Gasteiger partial charge < -0.3 is 15.2 Å². The maximum Gasteiger partial charge on any atom is 0.335 e. The summed E-state index contributed by atoms with van der Waals surface area (Å²) >= 11 is 1.58. The van der Waals surface area contributed by atoms with Crippen molar-refractivity contribution in [3.8, 4) is 21.1 Å². The largest absolute Gasteiger partial charge is 0.478 e. The predicted molar refractivity (Wildman–Crippen MR) is 147 cm³/mol. The molecule has 0 aliphatic carbocycles. The summed E-state index contributed by atoms with van der Waals surface area (Å²) in [5.41, 5.74) is 5.19. The number of nitrogens with one attached hydrogen (secondary N) is 1. The number of carbonyl (C=O) groups is 2. The number of nitrogens with zero attached hydrogens (tertiary/aromatic N) is 2. The number of anilines is 2. The molecule has 2 aromatic heterocycles. The number of rotatable bonds is 9. The minimum absolute atomic E-state index is 0.265. The van der Waals surface area contributed by atoms with E-state index in [0.717, 1.165) is 62.8 Å². The average molecular weight is 502 g/mol. The van der Waals surface area contributed by atoms with Crippen LogP contribution >= 0.6 is 11.3 Å². The van der Waals surface area contributed by atoms with Crippen LogP contribution in [0.5, 0.6) is 0 Å². The standard InChI is InChI=1S/C27H25N3O3S.C2H6/c1-3-21-22(4-2)29-26(30-25(21)28-20-11-5-17(6-12-20)15-16-31)24-14-13-23(34-24)18-7-9-19(10-8-18)27(32)33;1-2/h5-14,16H,3-4,15H2,1-2H3,(H,32,33)(H,28,29,30);1-2H3. The first-order valence-corrected chi connectivity index (χ1v) is 13.0. The highest BCUT2D eigenvalue weighted by molar-refractivity contribution is 7.18. The first-order valence-electron chi connectivity index (χ1n) is 12.2. The molecule has 6 nitrogen and oxygen atoms in total. The van der Waals surface area contributed by atoms with Gasteiger partial charge in [0.1, 0.15) is 12.1 Å². The van der Waals surface area contributed by atoms with E-state index in [1.165, 1.54) is 0 Å². The lowest BCUT2D eigenvalue weighted by Gasteiger charge is -2.15. The van der Waals surface area contributed by atoms with Crippen molar-refractivity contribution in [1.29, 1.82) is 0 Å². The van der Waals surface area contributed by atoms with Gasteiger partial charge in [0.05, 0.1) is 10.4 Å².